The summed E-state index contributed by atoms with van der Waals surface area (Å²) in [5, 5.41) is 3.05. The molecule has 0 atom stereocenters. The highest BCUT2D eigenvalue weighted by molar-refractivity contribution is 5.93. The maximum absolute atomic E-state index is 13.6. The van der Waals surface area contributed by atoms with Gasteiger partial charge in [-0.15, -0.1) is 0 Å². The average molecular weight is 453 g/mol. The first-order chi connectivity index (χ1) is 15.7. The van der Waals surface area contributed by atoms with Gasteiger partial charge in [-0.05, 0) is 29.9 Å². The second-order valence-electron chi connectivity index (χ2n) is 9.73. The third kappa shape index (κ3) is 6.50. The Bertz CT molecular complexity index is 960. The van der Waals surface area contributed by atoms with Crippen LogP contribution < -0.4 is 14.8 Å². The van der Waals surface area contributed by atoms with E-state index in [0.717, 1.165) is 36.8 Å². The first-order valence-electron chi connectivity index (χ1n) is 11.7. The van der Waals surface area contributed by atoms with E-state index in [4.69, 9.17) is 9.47 Å². The molecule has 2 aromatic rings. The largest absolute Gasteiger partial charge is 0.497 e. The Morgan fingerprint density at radius 3 is 2.30 bits per heavy atom. The van der Waals surface area contributed by atoms with Gasteiger partial charge in [0.25, 0.3) is 0 Å². The van der Waals surface area contributed by atoms with Crippen molar-refractivity contribution in [2.75, 3.05) is 12.4 Å². The second kappa shape index (κ2) is 10.7. The standard InChI is InChI=1S/C27H36N2O4/c1-19(30)33-25-23(27(2,3)4)16-22(32-5)17-24(25)28-26(31)29(21-14-10-7-11-15-21)18-20-12-8-6-9-13-20/h6,8-9,12-13,16-17,21H,7,10-11,14-15,18H2,1-5H3,(H,28,31). The molecule has 2 aromatic carbocycles. The van der Waals surface area contributed by atoms with Crippen LogP contribution in [0.25, 0.3) is 0 Å². The molecule has 0 spiro atoms. The monoisotopic (exact) mass is 452 g/mol. The van der Waals surface area contributed by atoms with Crippen LogP contribution in [-0.4, -0.2) is 30.1 Å². The van der Waals surface area contributed by atoms with Crippen molar-refractivity contribution < 1.29 is 19.1 Å². The normalized spacial score (nSPS) is 14.5. The number of benzene rings is 2. The number of ether oxygens (including phenoxy) is 2. The van der Waals surface area contributed by atoms with Gasteiger partial charge >= 0.3 is 12.0 Å². The number of hydrogen-bond acceptors (Lipinski definition) is 4. The summed E-state index contributed by atoms with van der Waals surface area (Å²) in [6, 6.07) is 13.6. The molecule has 1 saturated carbocycles. The van der Waals surface area contributed by atoms with E-state index in [1.54, 1.807) is 13.2 Å². The summed E-state index contributed by atoms with van der Waals surface area (Å²) in [5.41, 5.74) is 1.98. The molecule has 0 aliphatic heterocycles. The molecule has 0 aromatic heterocycles. The van der Waals surface area contributed by atoms with E-state index in [2.05, 4.69) is 5.32 Å². The summed E-state index contributed by atoms with van der Waals surface area (Å²) in [7, 11) is 1.59. The minimum absolute atomic E-state index is 0.170. The Hall–Kier alpha value is -3.02. The van der Waals surface area contributed by atoms with Crippen LogP contribution in [0.5, 0.6) is 11.5 Å². The van der Waals surface area contributed by atoms with Crippen molar-refractivity contribution in [1.29, 1.82) is 0 Å². The zero-order chi connectivity index (χ0) is 24.0. The van der Waals surface area contributed by atoms with Crippen LogP contribution in [0, 0.1) is 0 Å². The fraction of sp³-hybridized carbons (Fsp3) is 0.481. The highest BCUT2D eigenvalue weighted by Gasteiger charge is 2.29. The van der Waals surface area contributed by atoms with Crippen LogP contribution in [0.4, 0.5) is 10.5 Å². The highest BCUT2D eigenvalue weighted by atomic mass is 16.5. The number of esters is 1. The predicted molar refractivity (Wildman–Crippen MR) is 131 cm³/mol. The predicted octanol–water partition coefficient (Wildman–Crippen LogP) is 6.28. The number of carbonyl (C=O) groups is 2. The lowest BCUT2D eigenvalue weighted by atomic mass is 9.85. The quantitative estimate of drug-likeness (QED) is 0.413. The highest BCUT2D eigenvalue weighted by Crippen LogP contribution is 2.41. The van der Waals surface area contributed by atoms with E-state index < -0.39 is 5.97 Å². The third-order valence-corrected chi connectivity index (χ3v) is 6.07. The summed E-state index contributed by atoms with van der Waals surface area (Å²) in [6.45, 7) is 7.99. The van der Waals surface area contributed by atoms with Crippen molar-refractivity contribution in [1.82, 2.24) is 4.90 Å². The number of carbonyl (C=O) groups excluding carboxylic acids is 2. The van der Waals surface area contributed by atoms with E-state index in [1.165, 1.54) is 13.3 Å². The minimum atomic E-state index is -0.436. The van der Waals surface area contributed by atoms with E-state index in [0.29, 0.717) is 23.7 Å². The molecular weight excluding hydrogens is 416 g/mol. The number of nitrogens with one attached hydrogen (secondary N) is 1. The zero-order valence-electron chi connectivity index (χ0n) is 20.4. The number of methoxy groups -OCH3 is 1. The van der Waals surface area contributed by atoms with Crippen LogP contribution >= 0.6 is 0 Å². The summed E-state index contributed by atoms with van der Waals surface area (Å²) in [4.78, 5) is 27.5. The van der Waals surface area contributed by atoms with Crippen LogP contribution in [0.2, 0.25) is 0 Å². The van der Waals surface area contributed by atoms with E-state index in [1.807, 2.05) is 62.1 Å². The van der Waals surface area contributed by atoms with E-state index in [-0.39, 0.29) is 17.5 Å². The smallest absolute Gasteiger partial charge is 0.322 e. The zero-order valence-corrected chi connectivity index (χ0v) is 20.4. The van der Waals surface area contributed by atoms with Crippen molar-refractivity contribution in [3.63, 3.8) is 0 Å². The molecule has 0 saturated heterocycles. The van der Waals surface area contributed by atoms with Crippen LogP contribution in [0.1, 0.15) is 70.9 Å². The van der Waals surface area contributed by atoms with Gasteiger partial charge in [-0.2, -0.15) is 0 Å². The number of nitrogens with zero attached hydrogens (tertiary/aromatic N) is 1. The summed E-state index contributed by atoms with van der Waals surface area (Å²) in [5.74, 6) is 0.528. The molecule has 178 valence electrons. The van der Waals surface area contributed by atoms with Crippen LogP contribution in [0.15, 0.2) is 42.5 Å². The molecule has 2 amide bonds. The van der Waals surface area contributed by atoms with Gasteiger partial charge in [-0.25, -0.2) is 4.79 Å². The molecule has 1 fully saturated rings. The van der Waals surface area contributed by atoms with E-state index in [9.17, 15) is 9.59 Å². The Balaban J connectivity index is 1.98. The summed E-state index contributed by atoms with van der Waals surface area (Å²) in [6.07, 6.45) is 5.42. The Morgan fingerprint density at radius 2 is 1.73 bits per heavy atom. The molecule has 6 nitrogen and oxygen atoms in total. The number of anilines is 1. The topological polar surface area (TPSA) is 67.9 Å². The van der Waals surface area contributed by atoms with Crippen molar-refractivity contribution in [3.8, 4) is 11.5 Å². The lowest BCUT2D eigenvalue weighted by molar-refractivity contribution is -0.131. The van der Waals surface area contributed by atoms with Gasteiger partial charge in [-0.1, -0.05) is 70.4 Å². The average Bonchev–Trinajstić information content (AvgIpc) is 2.78. The third-order valence-electron chi connectivity index (χ3n) is 6.07. The van der Waals surface area contributed by atoms with Gasteiger partial charge in [0.05, 0.1) is 12.8 Å². The van der Waals surface area contributed by atoms with Crippen molar-refractivity contribution in [2.24, 2.45) is 0 Å². The maximum Gasteiger partial charge on any atom is 0.322 e. The molecular formula is C27H36N2O4. The van der Waals surface area contributed by atoms with Gasteiger partial charge in [0.2, 0.25) is 0 Å². The molecule has 0 unspecified atom stereocenters. The fourth-order valence-electron chi connectivity index (χ4n) is 4.35. The number of amides is 2. The molecule has 0 radical (unpaired) electrons. The number of hydrogen-bond donors (Lipinski definition) is 1. The van der Waals surface area contributed by atoms with Crippen LogP contribution in [0.3, 0.4) is 0 Å². The maximum atomic E-state index is 13.6. The van der Waals surface area contributed by atoms with Crippen molar-refractivity contribution in [2.45, 2.75) is 77.8 Å². The Morgan fingerprint density at radius 1 is 1.06 bits per heavy atom. The molecule has 33 heavy (non-hydrogen) atoms. The first-order valence-corrected chi connectivity index (χ1v) is 11.7. The van der Waals surface area contributed by atoms with Gasteiger partial charge in [-0.3, -0.25) is 4.79 Å². The number of rotatable bonds is 6. The summed E-state index contributed by atoms with van der Waals surface area (Å²) >= 11 is 0. The van der Waals surface area contributed by atoms with Gasteiger partial charge in [0.15, 0.2) is 5.75 Å². The lowest BCUT2D eigenvalue weighted by Gasteiger charge is -2.35. The minimum Gasteiger partial charge on any atom is -0.497 e. The fourth-order valence-corrected chi connectivity index (χ4v) is 4.35. The summed E-state index contributed by atoms with van der Waals surface area (Å²) < 4.78 is 11.1. The van der Waals surface area contributed by atoms with E-state index >= 15 is 0 Å². The van der Waals surface area contributed by atoms with Crippen LogP contribution in [-0.2, 0) is 16.8 Å². The Labute approximate surface area is 197 Å². The van der Waals surface area contributed by atoms with Gasteiger partial charge in [0.1, 0.15) is 5.75 Å². The molecule has 0 heterocycles. The van der Waals surface area contributed by atoms with Gasteiger partial charge in [0, 0.05) is 31.1 Å². The Kier molecular flexibility index (Phi) is 8.01. The number of urea groups is 1. The SMILES string of the molecule is COc1cc(NC(=O)N(Cc2ccccc2)C2CCCCC2)c(OC(C)=O)c(C(C)(C)C)c1. The van der Waals surface area contributed by atoms with Crippen molar-refractivity contribution in [3.05, 3.63) is 53.6 Å². The molecule has 0 bridgehead atoms. The molecule has 6 heteroatoms. The first kappa shape index (κ1) is 24.6. The molecule has 1 N–H and O–H groups in total. The molecule has 1 aliphatic carbocycles. The lowest BCUT2D eigenvalue weighted by Crippen LogP contribution is -2.43. The van der Waals surface area contributed by atoms with Gasteiger partial charge < -0.3 is 19.7 Å². The molecule has 3 rings (SSSR count). The second-order valence-corrected chi connectivity index (χ2v) is 9.73. The molecule has 1 aliphatic rings. The van der Waals surface area contributed by atoms with Crippen molar-refractivity contribution >= 4 is 17.7 Å².